The van der Waals surface area contributed by atoms with E-state index in [2.05, 4.69) is 15.1 Å². The number of rotatable bonds is 7. The number of alkyl halides is 3. The van der Waals surface area contributed by atoms with Crippen molar-refractivity contribution in [2.45, 2.75) is 36.1 Å². The highest BCUT2D eigenvalue weighted by atomic mass is 32.2. The van der Waals surface area contributed by atoms with Gasteiger partial charge in [-0.2, -0.15) is 18.3 Å². The highest BCUT2D eigenvalue weighted by Crippen LogP contribution is 2.38. The molecule has 8 nitrogen and oxygen atoms in total. The lowest BCUT2D eigenvalue weighted by Gasteiger charge is -2.11. The Hall–Kier alpha value is -2.93. The van der Waals surface area contributed by atoms with Crippen LogP contribution in [0.5, 0.6) is 0 Å². The van der Waals surface area contributed by atoms with Crippen molar-refractivity contribution in [2.75, 3.05) is 12.3 Å². The highest BCUT2D eigenvalue weighted by Gasteiger charge is 2.30. The molecule has 13 heteroatoms. The zero-order valence-corrected chi connectivity index (χ0v) is 19.4. The van der Waals surface area contributed by atoms with Crippen molar-refractivity contribution >= 4 is 44.8 Å². The Morgan fingerprint density at radius 3 is 2.61 bits per heavy atom. The second-order valence-electron chi connectivity index (χ2n) is 6.69. The number of hydrogen-bond donors (Lipinski definition) is 0. The van der Waals surface area contributed by atoms with Crippen molar-refractivity contribution in [3.8, 4) is 11.6 Å². The van der Waals surface area contributed by atoms with Crippen molar-refractivity contribution < 1.29 is 30.8 Å². The monoisotopic (exact) mass is 500 g/mol. The molecule has 0 unspecified atom stereocenters. The SMILES string of the molecule is CCN(/N=C/c1cnc(-c2nc3cc(SC(F)(F)F)ccc3o2)c(S(=O)(=O)CC)c1)C(C)=O. The molecule has 1 amide bonds. The number of oxazole rings is 1. The maximum Gasteiger partial charge on any atom is 0.446 e. The molecule has 0 N–H and O–H groups in total. The van der Waals surface area contributed by atoms with E-state index in [1.54, 1.807) is 6.92 Å². The van der Waals surface area contributed by atoms with Crippen LogP contribution in [0.25, 0.3) is 22.7 Å². The summed E-state index contributed by atoms with van der Waals surface area (Å²) in [5, 5.41) is 5.22. The number of sulfone groups is 1. The van der Waals surface area contributed by atoms with Gasteiger partial charge in [-0.25, -0.2) is 23.4 Å². The predicted molar refractivity (Wildman–Crippen MR) is 118 cm³/mol. The molecule has 2 heterocycles. The van der Waals surface area contributed by atoms with Crippen molar-refractivity contribution in [1.29, 1.82) is 0 Å². The Morgan fingerprint density at radius 1 is 1.27 bits per heavy atom. The molecule has 0 aliphatic rings. The minimum Gasteiger partial charge on any atom is -0.435 e. The molecule has 0 saturated heterocycles. The number of fused-ring (bicyclic) bond motifs is 1. The average molecular weight is 501 g/mol. The van der Waals surface area contributed by atoms with Crippen LogP contribution in [0.3, 0.4) is 0 Å². The first-order valence-corrected chi connectivity index (χ1v) is 12.1. The Balaban J connectivity index is 2.07. The van der Waals surface area contributed by atoms with Gasteiger partial charge < -0.3 is 4.42 Å². The first-order chi connectivity index (χ1) is 15.4. The molecule has 0 bridgehead atoms. The van der Waals surface area contributed by atoms with E-state index in [0.717, 1.165) is 0 Å². The predicted octanol–water partition coefficient (Wildman–Crippen LogP) is 4.50. The standard InChI is InChI=1S/C20H19F3N4O4S2/c1-4-27(12(3)28)25-11-13-8-17(33(29,30)5-2)18(24-10-13)19-26-15-9-14(32-20(21,22)23)6-7-16(15)31-19/h6-11H,4-5H2,1-3H3/b25-11+. The zero-order valence-electron chi connectivity index (χ0n) is 17.8. The smallest absolute Gasteiger partial charge is 0.435 e. The molecule has 3 aromatic rings. The van der Waals surface area contributed by atoms with Gasteiger partial charge in [0.05, 0.1) is 16.9 Å². The minimum absolute atomic E-state index is 0.0749. The molecule has 0 spiro atoms. The highest BCUT2D eigenvalue weighted by molar-refractivity contribution is 8.00. The number of thioether (sulfide) groups is 1. The molecule has 0 radical (unpaired) electrons. The third-order valence-corrected chi connectivity index (χ3v) is 6.86. The topological polar surface area (TPSA) is 106 Å². The summed E-state index contributed by atoms with van der Waals surface area (Å²) in [5.41, 5.74) is -3.90. The maximum absolute atomic E-state index is 12.7. The van der Waals surface area contributed by atoms with Gasteiger partial charge in [-0.1, -0.05) is 6.92 Å². The van der Waals surface area contributed by atoms with E-state index in [4.69, 9.17) is 4.42 Å². The number of aromatic nitrogens is 2. The fraction of sp³-hybridized carbons (Fsp3) is 0.300. The summed E-state index contributed by atoms with van der Waals surface area (Å²) in [4.78, 5) is 19.6. The average Bonchev–Trinajstić information content (AvgIpc) is 3.15. The van der Waals surface area contributed by atoms with Gasteiger partial charge in [0.15, 0.2) is 15.4 Å². The van der Waals surface area contributed by atoms with E-state index in [0.29, 0.717) is 12.1 Å². The van der Waals surface area contributed by atoms with E-state index >= 15 is 0 Å². The molecule has 3 rings (SSSR count). The first kappa shape index (κ1) is 24.7. The van der Waals surface area contributed by atoms with E-state index in [9.17, 15) is 26.4 Å². The number of pyridine rings is 1. The number of carbonyl (C=O) groups excluding carboxylic acids is 1. The summed E-state index contributed by atoms with van der Waals surface area (Å²) < 4.78 is 69.0. The van der Waals surface area contributed by atoms with Crippen molar-refractivity contribution in [3.05, 3.63) is 36.0 Å². The first-order valence-electron chi connectivity index (χ1n) is 9.65. The second-order valence-corrected chi connectivity index (χ2v) is 10.1. The van der Waals surface area contributed by atoms with Gasteiger partial charge in [0.25, 0.3) is 0 Å². The normalized spacial score (nSPS) is 12.5. The molecule has 0 aliphatic carbocycles. The van der Waals surface area contributed by atoms with Crippen molar-refractivity contribution in [3.63, 3.8) is 0 Å². The van der Waals surface area contributed by atoms with Crippen LogP contribution in [0, 0.1) is 0 Å². The summed E-state index contributed by atoms with van der Waals surface area (Å²) in [7, 11) is -3.79. The molecule has 0 fully saturated rings. The quantitative estimate of drug-likeness (QED) is 0.267. The van der Waals surface area contributed by atoms with Crippen LogP contribution in [0.15, 0.2) is 49.8 Å². The van der Waals surface area contributed by atoms with Crippen molar-refractivity contribution in [1.82, 2.24) is 15.0 Å². The van der Waals surface area contributed by atoms with Gasteiger partial charge in [0.1, 0.15) is 11.2 Å². The van der Waals surface area contributed by atoms with Crippen LogP contribution in [0.2, 0.25) is 0 Å². The van der Waals surface area contributed by atoms with E-state index in [-0.39, 0.29) is 55.9 Å². The second kappa shape index (κ2) is 9.51. The number of amides is 1. The Labute approximate surface area is 191 Å². The molecule has 0 aliphatic heterocycles. The van der Waals surface area contributed by atoms with Gasteiger partial charge in [-0.05, 0) is 43.0 Å². The number of nitrogens with zero attached hydrogens (tertiary/aromatic N) is 4. The number of hydrogen-bond acceptors (Lipinski definition) is 8. The van der Waals surface area contributed by atoms with Gasteiger partial charge in [-0.15, -0.1) is 0 Å². The maximum atomic E-state index is 12.7. The molecule has 2 aromatic heterocycles. The Bertz CT molecular complexity index is 1320. The molecule has 0 saturated carbocycles. The van der Waals surface area contributed by atoms with Gasteiger partial charge in [-0.3, -0.25) is 4.79 Å². The lowest BCUT2D eigenvalue weighted by molar-refractivity contribution is -0.128. The minimum atomic E-state index is -4.46. The molecule has 33 heavy (non-hydrogen) atoms. The lowest BCUT2D eigenvalue weighted by atomic mass is 10.2. The van der Waals surface area contributed by atoms with Crippen LogP contribution < -0.4 is 0 Å². The fourth-order valence-electron chi connectivity index (χ4n) is 2.81. The summed E-state index contributed by atoms with van der Waals surface area (Å²) in [5.74, 6) is -0.661. The summed E-state index contributed by atoms with van der Waals surface area (Å²) in [6.07, 6.45) is 2.64. The zero-order chi connectivity index (χ0) is 24.4. The lowest BCUT2D eigenvalue weighted by Crippen LogP contribution is -2.22. The van der Waals surface area contributed by atoms with E-state index in [1.807, 2.05) is 0 Å². The van der Waals surface area contributed by atoms with Gasteiger partial charge in [0, 0.05) is 30.1 Å². The molecule has 1 aromatic carbocycles. The van der Waals surface area contributed by atoms with Crippen LogP contribution >= 0.6 is 11.8 Å². The van der Waals surface area contributed by atoms with E-state index < -0.39 is 15.3 Å². The molecule has 176 valence electrons. The third-order valence-electron chi connectivity index (χ3n) is 4.39. The van der Waals surface area contributed by atoms with Crippen LogP contribution in [0.1, 0.15) is 26.3 Å². The van der Waals surface area contributed by atoms with Crippen LogP contribution in [-0.2, 0) is 14.6 Å². The Kier molecular flexibility index (Phi) is 7.12. The summed E-state index contributed by atoms with van der Waals surface area (Å²) in [6.45, 7) is 4.87. The van der Waals surface area contributed by atoms with Gasteiger partial charge >= 0.3 is 5.51 Å². The summed E-state index contributed by atoms with van der Waals surface area (Å²) >= 11 is -0.291. The fourth-order valence-corrected chi connectivity index (χ4v) is 4.45. The molecule has 0 atom stereocenters. The number of benzene rings is 1. The number of hydrazone groups is 1. The molecular weight excluding hydrogens is 481 g/mol. The number of halogens is 3. The van der Waals surface area contributed by atoms with Crippen LogP contribution in [-0.4, -0.2) is 53.3 Å². The Morgan fingerprint density at radius 2 is 2.00 bits per heavy atom. The van der Waals surface area contributed by atoms with Crippen LogP contribution in [0.4, 0.5) is 13.2 Å². The third kappa shape index (κ3) is 5.90. The van der Waals surface area contributed by atoms with Gasteiger partial charge in [0.2, 0.25) is 11.8 Å². The van der Waals surface area contributed by atoms with E-state index in [1.165, 1.54) is 55.5 Å². The number of carbonyl (C=O) groups is 1. The molecular formula is C20H19F3N4O4S2. The largest absolute Gasteiger partial charge is 0.446 e. The summed E-state index contributed by atoms with van der Waals surface area (Å²) in [6, 6.07) is 5.10. The van der Waals surface area contributed by atoms with Crippen molar-refractivity contribution in [2.24, 2.45) is 5.10 Å².